The van der Waals surface area contributed by atoms with Gasteiger partial charge in [-0.05, 0) is 30.7 Å². The molecule has 7 heteroatoms. The minimum absolute atomic E-state index is 0.0434. The Kier molecular flexibility index (Phi) is 4.62. The highest BCUT2D eigenvalue weighted by Crippen LogP contribution is 2.23. The number of hydrogen-bond acceptors (Lipinski definition) is 3. The Morgan fingerprint density at radius 2 is 2.10 bits per heavy atom. The number of nitrogens with zero attached hydrogens (tertiary/aromatic N) is 1. The Hall–Kier alpha value is -2.02. The maximum atomic E-state index is 13.1. The largest absolute Gasteiger partial charge is 0.434 e. The molecule has 20 heavy (non-hydrogen) atoms. The van der Waals surface area contributed by atoms with Gasteiger partial charge in [-0.1, -0.05) is 0 Å². The van der Waals surface area contributed by atoms with Gasteiger partial charge >= 0.3 is 6.61 Å². The number of H-pyrrole nitrogens is 1. The Labute approximate surface area is 113 Å². The van der Waals surface area contributed by atoms with Gasteiger partial charge in [-0.2, -0.15) is 13.9 Å². The molecule has 0 saturated heterocycles. The lowest BCUT2D eigenvalue weighted by Crippen LogP contribution is -2.06. The Morgan fingerprint density at radius 3 is 2.75 bits per heavy atom. The molecule has 2 aromatic rings. The minimum Gasteiger partial charge on any atom is -0.434 e. The maximum Gasteiger partial charge on any atom is 0.387 e. The monoisotopic (exact) mass is 286 g/mol. The lowest BCUT2D eigenvalue weighted by molar-refractivity contribution is -0.0515. The van der Waals surface area contributed by atoms with Gasteiger partial charge in [0.2, 0.25) is 0 Å². The molecule has 0 unspecified atom stereocenters. The van der Waals surface area contributed by atoms with Crippen molar-refractivity contribution in [1.82, 2.24) is 10.2 Å². The summed E-state index contributed by atoms with van der Waals surface area (Å²) in [5, 5.41) is 6.58. The number of halogens is 3. The summed E-state index contributed by atoms with van der Waals surface area (Å²) in [5.41, 5.74) is 1.92. The fourth-order valence-corrected chi connectivity index (χ4v) is 1.65. The SMILES string of the molecule is Cc1cn[nH]c1COCc1cc(F)ccc1OC(F)F. The molecule has 1 aromatic heterocycles. The second-order valence-corrected chi connectivity index (χ2v) is 4.15. The number of aromatic nitrogens is 2. The molecule has 0 radical (unpaired) electrons. The smallest absolute Gasteiger partial charge is 0.387 e. The van der Waals surface area contributed by atoms with Crippen LogP contribution >= 0.6 is 0 Å². The molecule has 0 atom stereocenters. The van der Waals surface area contributed by atoms with E-state index in [4.69, 9.17) is 4.74 Å². The summed E-state index contributed by atoms with van der Waals surface area (Å²) in [5.74, 6) is -0.634. The number of aromatic amines is 1. The summed E-state index contributed by atoms with van der Waals surface area (Å²) in [6.07, 6.45) is 1.65. The normalized spacial score (nSPS) is 11.1. The Balaban J connectivity index is 2.01. The van der Waals surface area contributed by atoms with Crippen LogP contribution in [0.4, 0.5) is 13.2 Å². The highest BCUT2D eigenvalue weighted by Gasteiger charge is 2.11. The van der Waals surface area contributed by atoms with Crippen molar-refractivity contribution in [2.24, 2.45) is 0 Å². The number of aryl methyl sites for hydroxylation is 1. The van der Waals surface area contributed by atoms with E-state index in [9.17, 15) is 13.2 Å². The van der Waals surface area contributed by atoms with Crippen molar-refractivity contribution >= 4 is 0 Å². The summed E-state index contributed by atoms with van der Waals surface area (Å²) in [6, 6.07) is 3.32. The molecule has 1 heterocycles. The van der Waals surface area contributed by atoms with Crippen LogP contribution in [0.15, 0.2) is 24.4 Å². The van der Waals surface area contributed by atoms with Gasteiger partial charge in [0.25, 0.3) is 0 Å². The third kappa shape index (κ3) is 3.74. The van der Waals surface area contributed by atoms with Crippen molar-refractivity contribution in [2.75, 3.05) is 0 Å². The summed E-state index contributed by atoms with van der Waals surface area (Å²) in [7, 11) is 0. The Morgan fingerprint density at radius 1 is 1.30 bits per heavy atom. The number of ether oxygens (including phenoxy) is 2. The minimum atomic E-state index is -2.96. The second-order valence-electron chi connectivity index (χ2n) is 4.15. The van der Waals surface area contributed by atoms with Gasteiger partial charge in [0.1, 0.15) is 11.6 Å². The van der Waals surface area contributed by atoms with Crippen LogP contribution in [0.5, 0.6) is 5.75 Å². The number of rotatable bonds is 6. The number of benzene rings is 1. The quantitative estimate of drug-likeness (QED) is 0.887. The van der Waals surface area contributed by atoms with Crippen LogP contribution < -0.4 is 4.74 Å². The molecule has 1 N–H and O–H groups in total. The Bertz CT molecular complexity index is 572. The first-order chi connectivity index (χ1) is 9.56. The fraction of sp³-hybridized carbons (Fsp3) is 0.308. The summed E-state index contributed by atoms with van der Waals surface area (Å²) in [4.78, 5) is 0. The zero-order chi connectivity index (χ0) is 14.5. The van der Waals surface area contributed by atoms with Crippen LogP contribution in [0.25, 0.3) is 0 Å². The standard InChI is InChI=1S/C13H13F3N2O2/c1-8-5-17-18-11(8)7-19-6-9-4-10(14)2-3-12(9)20-13(15)16/h2-5,13H,6-7H2,1H3,(H,17,18). The van der Waals surface area contributed by atoms with Crippen LogP contribution in [-0.4, -0.2) is 16.8 Å². The van der Waals surface area contributed by atoms with Crippen LogP contribution in [0.2, 0.25) is 0 Å². The van der Waals surface area contributed by atoms with Crippen molar-refractivity contribution in [3.63, 3.8) is 0 Å². The molecule has 0 aliphatic heterocycles. The molecule has 0 spiro atoms. The van der Waals surface area contributed by atoms with E-state index in [-0.39, 0.29) is 24.5 Å². The molecule has 0 aliphatic carbocycles. The van der Waals surface area contributed by atoms with Crippen LogP contribution in [-0.2, 0) is 18.0 Å². The highest BCUT2D eigenvalue weighted by atomic mass is 19.3. The van der Waals surface area contributed by atoms with Crippen LogP contribution in [0, 0.1) is 12.7 Å². The van der Waals surface area contributed by atoms with Gasteiger partial charge in [-0.25, -0.2) is 4.39 Å². The van der Waals surface area contributed by atoms with Crippen molar-refractivity contribution < 1.29 is 22.6 Å². The number of alkyl halides is 2. The van der Waals surface area contributed by atoms with Gasteiger partial charge in [0, 0.05) is 5.56 Å². The van der Waals surface area contributed by atoms with E-state index < -0.39 is 12.4 Å². The van der Waals surface area contributed by atoms with Crippen molar-refractivity contribution in [3.05, 3.63) is 47.0 Å². The van der Waals surface area contributed by atoms with E-state index in [1.54, 1.807) is 6.20 Å². The molecule has 0 fully saturated rings. The zero-order valence-corrected chi connectivity index (χ0v) is 10.7. The van der Waals surface area contributed by atoms with E-state index in [2.05, 4.69) is 14.9 Å². The van der Waals surface area contributed by atoms with E-state index in [0.29, 0.717) is 0 Å². The summed E-state index contributed by atoms with van der Waals surface area (Å²) in [6.45, 7) is -0.932. The molecule has 0 aliphatic rings. The van der Waals surface area contributed by atoms with Gasteiger partial charge in [0.15, 0.2) is 0 Å². The summed E-state index contributed by atoms with van der Waals surface area (Å²) >= 11 is 0. The van der Waals surface area contributed by atoms with E-state index in [0.717, 1.165) is 29.5 Å². The number of hydrogen-bond donors (Lipinski definition) is 1. The average molecular weight is 286 g/mol. The first-order valence-electron chi connectivity index (χ1n) is 5.86. The van der Waals surface area contributed by atoms with E-state index in [1.807, 2.05) is 6.92 Å². The molecule has 0 saturated carbocycles. The van der Waals surface area contributed by atoms with Crippen LogP contribution in [0.3, 0.4) is 0 Å². The van der Waals surface area contributed by atoms with Gasteiger partial charge in [-0.3, -0.25) is 5.10 Å². The zero-order valence-electron chi connectivity index (χ0n) is 10.7. The average Bonchev–Trinajstić information content (AvgIpc) is 2.78. The predicted octanol–water partition coefficient (Wildman–Crippen LogP) is 3.18. The molecule has 108 valence electrons. The molecule has 0 amide bonds. The molecule has 2 rings (SSSR count). The topological polar surface area (TPSA) is 47.1 Å². The van der Waals surface area contributed by atoms with E-state index in [1.165, 1.54) is 0 Å². The van der Waals surface area contributed by atoms with E-state index >= 15 is 0 Å². The van der Waals surface area contributed by atoms with Crippen molar-refractivity contribution in [3.8, 4) is 5.75 Å². The maximum absolute atomic E-state index is 13.1. The van der Waals surface area contributed by atoms with Crippen molar-refractivity contribution in [1.29, 1.82) is 0 Å². The second kappa shape index (κ2) is 6.42. The number of nitrogens with one attached hydrogen (secondary N) is 1. The lowest BCUT2D eigenvalue weighted by atomic mass is 10.2. The van der Waals surface area contributed by atoms with Gasteiger partial charge in [0.05, 0.1) is 25.1 Å². The highest BCUT2D eigenvalue weighted by molar-refractivity contribution is 5.33. The first-order valence-corrected chi connectivity index (χ1v) is 5.86. The third-order valence-corrected chi connectivity index (χ3v) is 2.68. The predicted molar refractivity (Wildman–Crippen MR) is 64.8 cm³/mol. The van der Waals surface area contributed by atoms with Crippen LogP contribution in [0.1, 0.15) is 16.8 Å². The molecule has 1 aromatic carbocycles. The molecule has 0 bridgehead atoms. The first kappa shape index (κ1) is 14.4. The molecular weight excluding hydrogens is 273 g/mol. The summed E-state index contributed by atoms with van der Waals surface area (Å²) < 4.78 is 47.3. The third-order valence-electron chi connectivity index (χ3n) is 2.68. The van der Waals surface area contributed by atoms with Gasteiger partial charge in [-0.15, -0.1) is 0 Å². The lowest BCUT2D eigenvalue weighted by Gasteiger charge is -2.11. The molecule has 4 nitrogen and oxygen atoms in total. The van der Waals surface area contributed by atoms with Gasteiger partial charge < -0.3 is 9.47 Å². The molecular formula is C13H13F3N2O2. The van der Waals surface area contributed by atoms with Crippen molar-refractivity contribution in [2.45, 2.75) is 26.7 Å². The fourth-order valence-electron chi connectivity index (χ4n) is 1.65.